The van der Waals surface area contributed by atoms with Gasteiger partial charge in [0, 0.05) is 17.5 Å². The monoisotopic (exact) mass is 309 g/mol. The Hall–Kier alpha value is -2.75. The third-order valence-corrected chi connectivity index (χ3v) is 3.82. The smallest absolute Gasteiger partial charge is 0.224 e. The van der Waals surface area contributed by atoms with Crippen LogP contribution in [0.2, 0.25) is 0 Å². The van der Waals surface area contributed by atoms with Crippen LogP contribution in [0.25, 0.3) is 11.0 Å². The third-order valence-electron chi connectivity index (χ3n) is 3.82. The molecule has 0 aliphatic rings. The summed E-state index contributed by atoms with van der Waals surface area (Å²) >= 11 is 0. The van der Waals surface area contributed by atoms with E-state index in [1.165, 1.54) is 5.56 Å². The van der Waals surface area contributed by atoms with E-state index in [1.54, 1.807) is 13.4 Å². The van der Waals surface area contributed by atoms with Crippen LogP contribution in [0.1, 0.15) is 16.7 Å². The van der Waals surface area contributed by atoms with Crippen molar-refractivity contribution < 1.29 is 13.9 Å². The Balaban J connectivity index is 1.66. The lowest BCUT2D eigenvalue weighted by molar-refractivity contribution is -0.120. The summed E-state index contributed by atoms with van der Waals surface area (Å²) in [7, 11) is 1.62. The first-order valence-corrected chi connectivity index (χ1v) is 7.52. The lowest BCUT2D eigenvalue weighted by Gasteiger charge is -2.05. The Morgan fingerprint density at radius 2 is 1.96 bits per heavy atom. The quantitative estimate of drug-likeness (QED) is 0.783. The minimum Gasteiger partial charge on any atom is -0.497 e. The number of carbonyl (C=O) groups is 1. The fraction of sp³-hybridized carbons (Fsp3) is 0.211. The fourth-order valence-electron chi connectivity index (χ4n) is 2.47. The molecule has 0 radical (unpaired) electrons. The van der Waals surface area contributed by atoms with Gasteiger partial charge >= 0.3 is 0 Å². The van der Waals surface area contributed by atoms with Crippen LogP contribution in [0.5, 0.6) is 5.75 Å². The average molecular weight is 309 g/mol. The molecule has 118 valence electrons. The molecule has 0 spiro atoms. The number of methoxy groups -OCH3 is 1. The van der Waals surface area contributed by atoms with Crippen LogP contribution in [0.4, 0.5) is 0 Å². The lowest BCUT2D eigenvalue weighted by atomic mass is 10.1. The first-order valence-electron chi connectivity index (χ1n) is 7.52. The number of hydrogen-bond acceptors (Lipinski definition) is 3. The topological polar surface area (TPSA) is 51.5 Å². The van der Waals surface area contributed by atoms with Gasteiger partial charge in [0.05, 0.1) is 19.8 Å². The van der Waals surface area contributed by atoms with Crippen LogP contribution in [0.3, 0.4) is 0 Å². The maximum absolute atomic E-state index is 12.2. The number of rotatable bonds is 5. The summed E-state index contributed by atoms with van der Waals surface area (Å²) in [5, 5.41) is 3.85. The van der Waals surface area contributed by atoms with E-state index in [-0.39, 0.29) is 12.3 Å². The highest BCUT2D eigenvalue weighted by molar-refractivity contribution is 5.88. The second-order valence-corrected chi connectivity index (χ2v) is 5.56. The third kappa shape index (κ3) is 3.54. The van der Waals surface area contributed by atoms with Crippen molar-refractivity contribution >= 4 is 16.9 Å². The maximum atomic E-state index is 12.2. The molecule has 1 aromatic heterocycles. The highest BCUT2D eigenvalue weighted by Gasteiger charge is 2.11. The molecule has 3 aromatic rings. The first-order chi connectivity index (χ1) is 11.2. The minimum absolute atomic E-state index is 0.0314. The molecule has 0 bridgehead atoms. The number of ether oxygens (including phenoxy) is 1. The first kappa shape index (κ1) is 15.2. The SMILES string of the molecule is COc1ccc2occ(CC(=O)NCc3ccc(C)cc3)c2c1. The van der Waals surface area contributed by atoms with Crippen LogP contribution in [0.15, 0.2) is 53.1 Å². The van der Waals surface area contributed by atoms with Gasteiger partial charge in [0.1, 0.15) is 11.3 Å². The van der Waals surface area contributed by atoms with E-state index in [0.29, 0.717) is 6.54 Å². The number of benzene rings is 2. The molecule has 0 aliphatic carbocycles. The number of amides is 1. The largest absolute Gasteiger partial charge is 0.497 e. The molecule has 2 aromatic carbocycles. The predicted octanol–water partition coefficient (Wildman–Crippen LogP) is 3.61. The summed E-state index contributed by atoms with van der Waals surface area (Å²) in [5.41, 5.74) is 3.91. The van der Waals surface area contributed by atoms with Gasteiger partial charge in [0.15, 0.2) is 0 Å². The van der Waals surface area contributed by atoms with Crippen molar-refractivity contribution in [1.82, 2.24) is 5.32 Å². The van der Waals surface area contributed by atoms with Gasteiger partial charge in [-0.15, -0.1) is 0 Å². The van der Waals surface area contributed by atoms with Gasteiger partial charge in [-0.25, -0.2) is 0 Å². The summed E-state index contributed by atoms with van der Waals surface area (Å²) in [6, 6.07) is 13.7. The molecule has 3 rings (SSSR count). The van der Waals surface area contributed by atoms with Crippen molar-refractivity contribution in [3.8, 4) is 5.75 Å². The average Bonchev–Trinajstić information content (AvgIpc) is 2.96. The van der Waals surface area contributed by atoms with Gasteiger partial charge in [0.2, 0.25) is 5.91 Å². The van der Waals surface area contributed by atoms with Crippen LogP contribution in [0, 0.1) is 6.92 Å². The standard InChI is InChI=1S/C19H19NO3/c1-13-3-5-14(6-4-13)11-20-19(21)9-15-12-23-18-8-7-16(22-2)10-17(15)18/h3-8,10,12H,9,11H2,1-2H3,(H,20,21). The zero-order valence-corrected chi connectivity index (χ0v) is 13.3. The van der Waals surface area contributed by atoms with Crippen molar-refractivity contribution in [3.63, 3.8) is 0 Å². The number of hydrogen-bond donors (Lipinski definition) is 1. The Bertz CT molecular complexity index is 818. The van der Waals surface area contributed by atoms with Crippen LogP contribution in [-0.4, -0.2) is 13.0 Å². The highest BCUT2D eigenvalue weighted by atomic mass is 16.5. The minimum atomic E-state index is -0.0314. The molecule has 0 saturated carbocycles. The van der Waals surface area contributed by atoms with Gasteiger partial charge in [-0.2, -0.15) is 0 Å². The summed E-state index contributed by atoms with van der Waals surface area (Å²) in [5.74, 6) is 0.719. The van der Waals surface area contributed by atoms with Crippen molar-refractivity contribution in [1.29, 1.82) is 0 Å². The highest BCUT2D eigenvalue weighted by Crippen LogP contribution is 2.26. The summed E-state index contributed by atoms with van der Waals surface area (Å²) in [6.07, 6.45) is 1.92. The normalized spacial score (nSPS) is 10.7. The molecule has 4 heteroatoms. The van der Waals surface area contributed by atoms with E-state index >= 15 is 0 Å². The van der Waals surface area contributed by atoms with E-state index < -0.39 is 0 Å². The number of nitrogens with one attached hydrogen (secondary N) is 1. The Morgan fingerprint density at radius 3 is 2.70 bits per heavy atom. The molecule has 0 unspecified atom stereocenters. The summed E-state index contributed by atoms with van der Waals surface area (Å²) in [6.45, 7) is 2.57. The van der Waals surface area contributed by atoms with Crippen molar-refractivity contribution in [2.45, 2.75) is 19.9 Å². The molecule has 4 nitrogen and oxygen atoms in total. The Labute approximate surface area is 135 Å². The van der Waals surface area contributed by atoms with E-state index in [2.05, 4.69) is 5.32 Å². The van der Waals surface area contributed by atoms with Gasteiger partial charge in [-0.1, -0.05) is 29.8 Å². The zero-order valence-electron chi connectivity index (χ0n) is 13.3. The molecule has 1 amide bonds. The zero-order chi connectivity index (χ0) is 16.2. The molecule has 0 aliphatic heterocycles. The fourth-order valence-corrected chi connectivity index (χ4v) is 2.47. The van der Waals surface area contributed by atoms with Gasteiger partial charge < -0.3 is 14.5 Å². The van der Waals surface area contributed by atoms with Crippen LogP contribution >= 0.6 is 0 Å². The van der Waals surface area contributed by atoms with Crippen molar-refractivity contribution in [2.75, 3.05) is 7.11 Å². The molecular weight excluding hydrogens is 290 g/mol. The summed E-state index contributed by atoms with van der Waals surface area (Å²) in [4.78, 5) is 12.2. The van der Waals surface area contributed by atoms with Crippen molar-refractivity contribution in [2.24, 2.45) is 0 Å². The van der Waals surface area contributed by atoms with Gasteiger partial charge in [0.25, 0.3) is 0 Å². The second-order valence-electron chi connectivity index (χ2n) is 5.56. The van der Waals surface area contributed by atoms with Crippen LogP contribution in [-0.2, 0) is 17.8 Å². The predicted molar refractivity (Wildman–Crippen MR) is 89.5 cm³/mol. The van der Waals surface area contributed by atoms with Crippen LogP contribution < -0.4 is 10.1 Å². The van der Waals surface area contributed by atoms with Gasteiger partial charge in [-0.05, 0) is 30.7 Å². The Morgan fingerprint density at radius 1 is 1.17 bits per heavy atom. The molecule has 0 saturated heterocycles. The van der Waals surface area contributed by atoms with Gasteiger partial charge in [-0.3, -0.25) is 4.79 Å². The number of carbonyl (C=O) groups excluding carboxylic acids is 1. The van der Waals surface area contributed by atoms with E-state index in [9.17, 15) is 4.79 Å². The molecular formula is C19H19NO3. The number of furan rings is 1. The van der Waals surface area contributed by atoms with Crippen molar-refractivity contribution in [3.05, 3.63) is 65.4 Å². The molecule has 1 N–H and O–H groups in total. The van der Waals surface area contributed by atoms with E-state index in [4.69, 9.17) is 9.15 Å². The molecule has 23 heavy (non-hydrogen) atoms. The number of fused-ring (bicyclic) bond motifs is 1. The number of aryl methyl sites for hydroxylation is 1. The van der Waals surface area contributed by atoms with E-state index in [0.717, 1.165) is 27.8 Å². The van der Waals surface area contributed by atoms with E-state index in [1.807, 2.05) is 49.4 Å². The lowest BCUT2D eigenvalue weighted by Crippen LogP contribution is -2.24. The maximum Gasteiger partial charge on any atom is 0.224 e. The molecule has 0 fully saturated rings. The molecule has 1 heterocycles. The Kier molecular flexibility index (Phi) is 4.33. The second kappa shape index (κ2) is 6.57. The summed E-state index contributed by atoms with van der Waals surface area (Å²) < 4.78 is 10.7. The molecule has 0 atom stereocenters.